The van der Waals surface area contributed by atoms with Gasteiger partial charge in [-0.3, -0.25) is 4.99 Å². The van der Waals surface area contributed by atoms with Crippen molar-refractivity contribution in [3.63, 3.8) is 0 Å². The summed E-state index contributed by atoms with van der Waals surface area (Å²) in [5.41, 5.74) is 1.19. The van der Waals surface area contributed by atoms with Gasteiger partial charge in [0.25, 0.3) is 0 Å². The van der Waals surface area contributed by atoms with Crippen LogP contribution in [-0.4, -0.2) is 37.7 Å². The van der Waals surface area contributed by atoms with Gasteiger partial charge in [0.05, 0.1) is 19.8 Å². The Morgan fingerprint density at radius 3 is 2.50 bits per heavy atom. The van der Waals surface area contributed by atoms with E-state index in [0.29, 0.717) is 19.8 Å². The lowest BCUT2D eigenvalue weighted by atomic mass is 10.1. The smallest absolute Gasteiger partial charge is 0.191 e. The van der Waals surface area contributed by atoms with Crippen LogP contribution in [0.4, 0.5) is 0 Å². The third kappa shape index (κ3) is 7.83. The Hall–Kier alpha value is -1.55. The zero-order chi connectivity index (χ0) is 19.5. The predicted octanol–water partition coefficient (Wildman–Crippen LogP) is 4.03. The first-order valence-corrected chi connectivity index (χ1v) is 10.3. The second-order valence-electron chi connectivity index (χ2n) is 5.82. The summed E-state index contributed by atoms with van der Waals surface area (Å²) in [6.45, 7) is 8.80. The van der Waals surface area contributed by atoms with Gasteiger partial charge in [0.1, 0.15) is 5.01 Å². The van der Waals surface area contributed by atoms with Crippen molar-refractivity contribution in [2.45, 2.75) is 40.2 Å². The quantitative estimate of drug-likeness (QED) is 0.283. The van der Waals surface area contributed by atoms with Crippen LogP contribution in [0.25, 0.3) is 0 Å². The van der Waals surface area contributed by atoms with E-state index in [1.54, 1.807) is 18.4 Å². The van der Waals surface area contributed by atoms with Gasteiger partial charge in [-0.25, -0.2) is 4.98 Å². The van der Waals surface area contributed by atoms with Gasteiger partial charge in [-0.2, -0.15) is 0 Å². The molecule has 0 aliphatic rings. The third-order valence-corrected chi connectivity index (χ3v) is 5.04. The van der Waals surface area contributed by atoms with Gasteiger partial charge in [0.2, 0.25) is 0 Å². The molecule has 1 heterocycles. The number of aliphatic imine (C=N–C) groups is 1. The van der Waals surface area contributed by atoms with Crippen molar-refractivity contribution in [3.8, 4) is 11.5 Å². The molecule has 0 aliphatic heterocycles. The Bertz CT molecular complexity index is 737. The lowest BCUT2D eigenvalue weighted by molar-refractivity contribution is 0.287. The van der Waals surface area contributed by atoms with Crippen LogP contribution in [0, 0.1) is 0 Å². The van der Waals surface area contributed by atoms with Crippen molar-refractivity contribution in [1.82, 2.24) is 15.6 Å². The van der Waals surface area contributed by atoms with Crippen molar-refractivity contribution >= 4 is 41.3 Å². The lowest BCUT2D eigenvalue weighted by Crippen LogP contribution is -2.37. The van der Waals surface area contributed by atoms with E-state index >= 15 is 0 Å². The molecule has 2 N–H and O–H groups in total. The SMILES string of the molecule is CCOc1ccc(CCNC(=NC)NCc2ncc(CC)s2)cc1OCC.I. The van der Waals surface area contributed by atoms with Crippen LogP contribution in [0.5, 0.6) is 11.5 Å². The second-order valence-corrected chi connectivity index (χ2v) is 7.02. The highest BCUT2D eigenvalue weighted by Gasteiger charge is 2.07. The van der Waals surface area contributed by atoms with E-state index in [0.717, 1.165) is 41.9 Å². The molecular formula is C20H31IN4O2S. The molecule has 2 aromatic rings. The maximum absolute atomic E-state index is 5.69. The molecule has 2 rings (SSSR count). The van der Waals surface area contributed by atoms with Crippen molar-refractivity contribution in [2.75, 3.05) is 26.8 Å². The van der Waals surface area contributed by atoms with Gasteiger partial charge in [0, 0.05) is 24.7 Å². The Morgan fingerprint density at radius 2 is 1.86 bits per heavy atom. The molecule has 0 fully saturated rings. The molecule has 0 bridgehead atoms. The number of aromatic nitrogens is 1. The van der Waals surface area contributed by atoms with Crippen molar-refractivity contribution in [1.29, 1.82) is 0 Å². The molecule has 0 amide bonds. The fourth-order valence-corrected chi connectivity index (χ4v) is 3.35. The normalized spacial score (nSPS) is 10.9. The summed E-state index contributed by atoms with van der Waals surface area (Å²) in [5, 5.41) is 7.72. The summed E-state index contributed by atoms with van der Waals surface area (Å²) in [6.07, 6.45) is 3.83. The summed E-state index contributed by atoms with van der Waals surface area (Å²) in [5.74, 6) is 2.37. The molecule has 6 nitrogen and oxygen atoms in total. The number of guanidine groups is 1. The van der Waals surface area contributed by atoms with Gasteiger partial charge in [-0.05, 0) is 44.4 Å². The number of thiazole rings is 1. The fourth-order valence-electron chi connectivity index (χ4n) is 2.55. The highest BCUT2D eigenvalue weighted by Crippen LogP contribution is 2.28. The topological polar surface area (TPSA) is 67.8 Å². The largest absolute Gasteiger partial charge is 0.490 e. The minimum absolute atomic E-state index is 0. The first kappa shape index (κ1) is 24.5. The van der Waals surface area contributed by atoms with Crippen molar-refractivity contribution < 1.29 is 9.47 Å². The highest BCUT2D eigenvalue weighted by atomic mass is 127. The molecule has 0 unspecified atom stereocenters. The Labute approximate surface area is 189 Å². The summed E-state index contributed by atoms with van der Waals surface area (Å²) in [6, 6.07) is 6.10. The van der Waals surface area contributed by atoms with Crippen molar-refractivity contribution in [2.24, 2.45) is 4.99 Å². The number of ether oxygens (including phenoxy) is 2. The van der Waals surface area contributed by atoms with E-state index in [1.807, 2.05) is 32.2 Å². The second kappa shape index (κ2) is 13.6. The summed E-state index contributed by atoms with van der Waals surface area (Å²) < 4.78 is 11.3. The van der Waals surface area contributed by atoms with E-state index in [-0.39, 0.29) is 24.0 Å². The average molecular weight is 518 g/mol. The van der Waals surface area contributed by atoms with E-state index in [4.69, 9.17) is 9.47 Å². The predicted molar refractivity (Wildman–Crippen MR) is 128 cm³/mol. The lowest BCUT2D eigenvalue weighted by Gasteiger charge is -2.13. The number of halogens is 1. The Morgan fingerprint density at radius 1 is 1.11 bits per heavy atom. The van der Waals surface area contributed by atoms with Crippen LogP contribution >= 0.6 is 35.3 Å². The van der Waals surface area contributed by atoms with Crippen LogP contribution in [0.1, 0.15) is 36.2 Å². The number of hydrogen-bond acceptors (Lipinski definition) is 5. The Balaban J connectivity index is 0.00000392. The molecule has 28 heavy (non-hydrogen) atoms. The number of benzene rings is 1. The molecule has 156 valence electrons. The van der Waals surface area contributed by atoms with Crippen LogP contribution in [0.15, 0.2) is 29.4 Å². The summed E-state index contributed by atoms with van der Waals surface area (Å²) in [7, 11) is 1.78. The zero-order valence-corrected chi connectivity index (χ0v) is 20.2. The minimum Gasteiger partial charge on any atom is -0.490 e. The number of rotatable bonds is 10. The molecule has 1 aromatic carbocycles. The first-order valence-electron chi connectivity index (χ1n) is 9.46. The van der Waals surface area contributed by atoms with Crippen LogP contribution in [-0.2, 0) is 19.4 Å². The van der Waals surface area contributed by atoms with Gasteiger partial charge in [0.15, 0.2) is 17.5 Å². The summed E-state index contributed by atoms with van der Waals surface area (Å²) in [4.78, 5) is 9.99. The van der Waals surface area contributed by atoms with Crippen LogP contribution in [0.3, 0.4) is 0 Å². The molecular weight excluding hydrogens is 487 g/mol. The standard InChI is InChI=1S/C20H30N4O2S.HI/c1-5-16-13-23-19(27-16)14-24-20(21-4)22-11-10-15-8-9-17(25-6-2)18(12-15)26-7-3;/h8-9,12-13H,5-7,10-11,14H2,1-4H3,(H2,21,22,24);1H. The minimum atomic E-state index is 0. The zero-order valence-electron chi connectivity index (χ0n) is 17.1. The molecule has 1 aromatic heterocycles. The fraction of sp³-hybridized carbons (Fsp3) is 0.500. The maximum atomic E-state index is 5.69. The van der Waals surface area contributed by atoms with E-state index < -0.39 is 0 Å². The summed E-state index contributed by atoms with van der Waals surface area (Å²) >= 11 is 1.74. The molecule has 8 heteroatoms. The number of nitrogens with one attached hydrogen (secondary N) is 2. The Kier molecular flexibility index (Phi) is 11.9. The number of hydrogen-bond donors (Lipinski definition) is 2. The van der Waals surface area contributed by atoms with Gasteiger partial charge < -0.3 is 20.1 Å². The molecule has 0 radical (unpaired) electrons. The van der Waals surface area contributed by atoms with E-state index in [9.17, 15) is 0 Å². The van der Waals surface area contributed by atoms with Gasteiger partial charge >= 0.3 is 0 Å². The highest BCUT2D eigenvalue weighted by molar-refractivity contribution is 14.0. The van der Waals surface area contributed by atoms with Gasteiger partial charge in [-0.15, -0.1) is 35.3 Å². The number of aryl methyl sites for hydroxylation is 1. The number of nitrogens with zero attached hydrogens (tertiary/aromatic N) is 2. The molecule has 0 spiro atoms. The molecule has 0 saturated heterocycles. The maximum Gasteiger partial charge on any atom is 0.191 e. The molecule has 0 aliphatic carbocycles. The van der Waals surface area contributed by atoms with E-state index in [2.05, 4.69) is 33.6 Å². The van der Waals surface area contributed by atoms with Gasteiger partial charge in [-0.1, -0.05) is 13.0 Å². The van der Waals surface area contributed by atoms with Crippen LogP contribution in [0.2, 0.25) is 0 Å². The molecule has 0 atom stereocenters. The monoisotopic (exact) mass is 518 g/mol. The molecule has 0 saturated carbocycles. The average Bonchev–Trinajstić information content (AvgIpc) is 3.15. The van der Waals surface area contributed by atoms with Crippen LogP contribution < -0.4 is 20.1 Å². The van der Waals surface area contributed by atoms with E-state index in [1.165, 1.54) is 10.4 Å². The van der Waals surface area contributed by atoms with Crippen molar-refractivity contribution in [3.05, 3.63) is 39.8 Å². The first-order chi connectivity index (χ1) is 13.2. The third-order valence-electron chi connectivity index (χ3n) is 3.89.